The van der Waals surface area contributed by atoms with E-state index in [0.717, 1.165) is 0 Å². The van der Waals surface area contributed by atoms with Crippen LogP contribution in [0.25, 0.3) is 0 Å². The fourth-order valence-corrected chi connectivity index (χ4v) is 2.89. The summed E-state index contributed by atoms with van der Waals surface area (Å²) in [4.78, 5) is 40.7. The van der Waals surface area contributed by atoms with Crippen molar-refractivity contribution in [3.8, 4) is 0 Å². The number of carbonyl (C=O) groups is 3. The van der Waals surface area contributed by atoms with E-state index in [2.05, 4.69) is 10.3 Å². The van der Waals surface area contributed by atoms with Crippen LogP contribution in [0.15, 0.2) is 36.5 Å². The predicted octanol–water partition coefficient (Wildman–Crippen LogP) is 2.59. The lowest BCUT2D eigenvalue weighted by molar-refractivity contribution is -0.122. The average Bonchev–Trinajstić information content (AvgIpc) is 2.95. The second-order valence-corrected chi connectivity index (χ2v) is 6.13. The van der Waals surface area contributed by atoms with E-state index >= 15 is 0 Å². The molecule has 0 radical (unpaired) electrons. The van der Waals surface area contributed by atoms with E-state index in [1.165, 1.54) is 17.2 Å². The van der Waals surface area contributed by atoms with Gasteiger partial charge < -0.3 is 19.9 Å². The Hall–Kier alpha value is -2.80. The maximum atomic E-state index is 12.6. The molecule has 8 heteroatoms. The minimum Gasteiger partial charge on any atom is -0.451 e. The van der Waals surface area contributed by atoms with E-state index in [-0.39, 0.29) is 24.1 Å². The number of para-hydroxylation sites is 2. The first kappa shape index (κ1) is 17.0. The van der Waals surface area contributed by atoms with Gasteiger partial charge in [-0.25, -0.2) is 4.79 Å². The number of H-pyrrole nitrogens is 1. The van der Waals surface area contributed by atoms with Crippen molar-refractivity contribution in [1.82, 2.24) is 4.98 Å². The van der Waals surface area contributed by atoms with Crippen LogP contribution in [-0.4, -0.2) is 35.4 Å². The zero-order valence-corrected chi connectivity index (χ0v) is 14.2. The molecule has 3 rings (SSSR count). The number of nitrogens with zero attached hydrogens (tertiary/aromatic N) is 1. The van der Waals surface area contributed by atoms with Crippen LogP contribution < -0.4 is 10.2 Å². The molecule has 1 atom stereocenters. The Morgan fingerprint density at radius 1 is 1.36 bits per heavy atom. The summed E-state index contributed by atoms with van der Waals surface area (Å²) in [5.74, 6) is -1.26. The summed E-state index contributed by atoms with van der Waals surface area (Å²) in [6, 6.07) is 8.05. The van der Waals surface area contributed by atoms with Crippen LogP contribution in [0.3, 0.4) is 0 Å². The molecule has 130 valence electrons. The van der Waals surface area contributed by atoms with E-state index in [1.807, 2.05) is 0 Å². The SMILES string of the molecule is CC1CC(=O)Nc2ccccc2N1C(=O)COC(=O)c1cc(Cl)c[nH]1. The second kappa shape index (κ2) is 6.98. The van der Waals surface area contributed by atoms with Gasteiger partial charge in [0.15, 0.2) is 6.61 Å². The first-order chi connectivity index (χ1) is 12.0. The molecule has 0 fully saturated rings. The topological polar surface area (TPSA) is 91.5 Å². The molecular formula is C17H16ClN3O4. The first-order valence-electron chi connectivity index (χ1n) is 7.67. The fourth-order valence-electron chi connectivity index (χ4n) is 2.73. The summed E-state index contributed by atoms with van der Waals surface area (Å²) in [5.41, 5.74) is 1.29. The molecule has 0 saturated carbocycles. The van der Waals surface area contributed by atoms with Crippen LogP contribution in [0.2, 0.25) is 5.02 Å². The molecule has 7 nitrogen and oxygen atoms in total. The molecule has 1 aliphatic rings. The smallest absolute Gasteiger partial charge is 0.355 e. The number of fused-ring (bicyclic) bond motifs is 1. The molecule has 2 heterocycles. The van der Waals surface area contributed by atoms with Crippen molar-refractivity contribution >= 4 is 40.8 Å². The standard InChI is InChI=1S/C17H16ClN3O4/c1-10-6-15(22)20-12-4-2-3-5-14(12)21(10)16(23)9-25-17(24)13-7-11(18)8-19-13/h2-5,7-8,10,19H,6,9H2,1H3,(H,20,22). The third-order valence-electron chi connectivity index (χ3n) is 3.82. The predicted molar refractivity (Wildman–Crippen MR) is 92.7 cm³/mol. The van der Waals surface area contributed by atoms with Crippen LogP contribution in [0.5, 0.6) is 0 Å². The Labute approximate surface area is 148 Å². The number of anilines is 2. The number of hydrogen-bond donors (Lipinski definition) is 2. The first-order valence-corrected chi connectivity index (χ1v) is 8.05. The number of aromatic amines is 1. The van der Waals surface area contributed by atoms with Crippen molar-refractivity contribution in [3.05, 3.63) is 47.2 Å². The van der Waals surface area contributed by atoms with Gasteiger partial charge in [0.1, 0.15) is 5.69 Å². The highest BCUT2D eigenvalue weighted by molar-refractivity contribution is 6.30. The zero-order valence-electron chi connectivity index (χ0n) is 13.4. The van der Waals surface area contributed by atoms with E-state index in [1.54, 1.807) is 31.2 Å². The Morgan fingerprint density at radius 3 is 2.84 bits per heavy atom. The van der Waals surface area contributed by atoms with Gasteiger partial charge in [0.05, 0.1) is 16.4 Å². The number of rotatable bonds is 3. The maximum Gasteiger partial charge on any atom is 0.355 e. The molecule has 1 unspecified atom stereocenters. The average molecular weight is 362 g/mol. The van der Waals surface area contributed by atoms with Gasteiger partial charge in [-0.3, -0.25) is 9.59 Å². The molecule has 0 spiro atoms. The minimum absolute atomic E-state index is 0.153. The lowest BCUT2D eigenvalue weighted by Crippen LogP contribution is -2.41. The van der Waals surface area contributed by atoms with Crippen molar-refractivity contribution < 1.29 is 19.1 Å². The van der Waals surface area contributed by atoms with Gasteiger partial charge in [0.25, 0.3) is 5.91 Å². The Morgan fingerprint density at radius 2 is 2.12 bits per heavy atom. The van der Waals surface area contributed by atoms with Crippen molar-refractivity contribution in [2.75, 3.05) is 16.8 Å². The Balaban J connectivity index is 1.76. The molecule has 1 aliphatic heterocycles. The summed E-state index contributed by atoms with van der Waals surface area (Å²) in [7, 11) is 0. The second-order valence-electron chi connectivity index (χ2n) is 5.69. The molecule has 25 heavy (non-hydrogen) atoms. The Kier molecular flexibility index (Phi) is 4.76. The van der Waals surface area contributed by atoms with Gasteiger partial charge >= 0.3 is 5.97 Å². The monoisotopic (exact) mass is 361 g/mol. The number of halogens is 1. The van der Waals surface area contributed by atoms with Crippen molar-refractivity contribution in [3.63, 3.8) is 0 Å². The fraction of sp³-hybridized carbons (Fsp3) is 0.235. The summed E-state index contributed by atoms with van der Waals surface area (Å²) >= 11 is 5.74. The molecule has 2 amide bonds. The van der Waals surface area contributed by atoms with Gasteiger partial charge in [-0.05, 0) is 25.1 Å². The van der Waals surface area contributed by atoms with E-state index < -0.39 is 18.5 Å². The summed E-state index contributed by atoms with van der Waals surface area (Å²) in [5, 5.41) is 3.14. The molecule has 2 N–H and O–H groups in total. The van der Waals surface area contributed by atoms with Gasteiger partial charge in [0, 0.05) is 18.7 Å². The minimum atomic E-state index is -0.676. The lowest BCUT2D eigenvalue weighted by Gasteiger charge is -2.27. The lowest BCUT2D eigenvalue weighted by atomic mass is 10.1. The molecule has 0 aliphatic carbocycles. The zero-order chi connectivity index (χ0) is 18.0. The van der Waals surface area contributed by atoms with Crippen LogP contribution in [0.4, 0.5) is 11.4 Å². The highest BCUT2D eigenvalue weighted by Crippen LogP contribution is 2.31. The van der Waals surface area contributed by atoms with Crippen LogP contribution in [-0.2, 0) is 14.3 Å². The summed E-state index contributed by atoms with van der Waals surface area (Å²) < 4.78 is 5.06. The van der Waals surface area contributed by atoms with Crippen molar-refractivity contribution in [2.24, 2.45) is 0 Å². The molecular weight excluding hydrogens is 346 g/mol. The van der Waals surface area contributed by atoms with Gasteiger partial charge in [-0.2, -0.15) is 0 Å². The number of ether oxygens (including phenoxy) is 1. The quantitative estimate of drug-likeness (QED) is 0.822. The number of esters is 1. The number of amides is 2. The summed E-state index contributed by atoms with van der Waals surface area (Å²) in [6.07, 6.45) is 1.60. The van der Waals surface area contributed by atoms with Gasteiger partial charge in [0.2, 0.25) is 5.91 Å². The van der Waals surface area contributed by atoms with Crippen LogP contribution in [0.1, 0.15) is 23.8 Å². The van der Waals surface area contributed by atoms with E-state index in [0.29, 0.717) is 16.4 Å². The van der Waals surface area contributed by atoms with Crippen molar-refractivity contribution in [1.29, 1.82) is 0 Å². The highest BCUT2D eigenvalue weighted by atomic mass is 35.5. The molecule has 2 aromatic rings. The molecule has 1 aromatic heterocycles. The number of nitrogens with one attached hydrogen (secondary N) is 2. The molecule has 0 bridgehead atoms. The molecule has 0 saturated heterocycles. The number of carbonyl (C=O) groups excluding carboxylic acids is 3. The highest BCUT2D eigenvalue weighted by Gasteiger charge is 2.30. The normalized spacial score (nSPS) is 16.6. The Bertz CT molecular complexity index is 833. The number of benzene rings is 1. The molecule has 1 aromatic carbocycles. The largest absolute Gasteiger partial charge is 0.451 e. The van der Waals surface area contributed by atoms with Crippen molar-refractivity contribution in [2.45, 2.75) is 19.4 Å². The van der Waals surface area contributed by atoms with Gasteiger partial charge in [-0.1, -0.05) is 23.7 Å². The number of aromatic nitrogens is 1. The third-order valence-corrected chi connectivity index (χ3v) is 4.04. The third kappa shape index (κ3) is 3.66. The van der Waals surface area contributed by atoms with E-state index in [9.17, 15) is 14.4 Å². The maximum absolute atomic E-state index is 12.6. The van der Waals surface area contributed by atoms with E-state index in [4.69, 9.17) is 16.3 Å². The van der Waals surface area contributed by atoms with Crippen LogP contribution >= 0.6 is 11.6 Å². The summed E-state index contributed by atoms with van der Waals surface area (Å²) in [6.45, 7) is 1.33. The van der Waals surface area contributed by atoms with Crippen LogP contribution in [0, 0.1) is 0 Å². The van der Waals surface area contributed by atoms with Gasteiger partial charge in [-0.15, -0.1) is 0 Å². The number of hydrogen-bond acceptors (Lipinski definition) is 4.